The molecule has 0 aliphatic rings. The Morgan fingerprint density at radius 1 is 1.18 bits per heavy atom. The van der Waals surface area contributed by atoms with Gasteiger partial charge in [0.1, 0.15) is 5.75 Å². The van der Waals surface area contributed by atoms with Gasteiger partial charge in [-0.3, -0.25) is 9.48 Å². The van der Waals surface area contributed by atoms with E-state index in [1.807, 2.05) is 42.8 Å². The molecule has 0 radical (unpaired) electrons. The van der Waals surface area contributed by atoms with Gasteiger partial charge in [0.25, 0.3) is 5.91 Å². The number of carbonyl (C=O) groups is 1. The summed E-state index contributed by atoms with van der Waals surface area (Å²) in [5.74, 6) is 0.505. The van der Waals surface area contributed by atoms with Crippen molar-refractivity contribution in [3.63, 3.8) is 0 Å². The molecule has 0 saturated carbocycles. The van der Waals surface area contributed by atoms with Crippen molar-refractivity contribution in [2.45, 2.75) is 20.4 Å². The number of fused-ring (bicyclic) bond motifs is 1. The Kier molecular flexibility index (Phi) is 4.52. The minimum Gasteiger partial charge on any atom is -0.497 e. The summed E-state index contributed by atoms with van der Waals surface area (Å²) in [4.78, 5) is 16.9. The third-order valence-corrected chi connectivity index (χ3v) is 4.56. The molecule has 0 aliphatic carbocycles. The molecule has 0 bridgehead atoms. The Bertz CT molecular complexity index is 1130. The predicted molar refractivity (Wildman–Crippen MR) is 105 cm³/mol. The van der Waals surface area contributed by atoms with E-state index in [1.54, 1.807) is 36.2 Å². The van der Waals surface area contributed by atoms with Crippen molar-refractivity contribution >= 4 is 17.2 Å². The van der Waals surface area contributed by atoms with Crippen molar-refractivity contribution in [3.05, 3.63) is 71.4 Å². The van der Waals surface area contributed by atoms with E-state index in [4.69, 9.17) is 4.74 Å². The molecule has 0 atom stereocenters. The van der Waals surface area contributed by atoms with Gasteiger partial charge in [-0.05, 0) is 37.6 Å². The molecule has 3 aromatic heterocycles. The third-order valence-electron chi connectivity index (χ3n) is 4.56. The smallest absolute Gasteiger partial charge is 0.276 e. The van der Waals surface area contributed by atoms with Crippen molar-refractivity contribution in [2.24, 2.45) is 0 Å². The molecule has 28 heavy (non-hydrogen) atoms. The van der Waals surface area contributed by atoms with E-state index < -0.39 is 0 Å². The summed E-state index contributed by atoms with van der Waals surface area (Å²) < 4.78 is 8.71. The Labute approximate surface area is 161 Å². The standard InChI is InChI=1S/C20H20N6O2/c1-13-19(22-20(27)17-11-18-21-8-5-9-25(18)24-17)14(2)26(23-13)12-15-6-4-7-16(10-15)28-3/h4-11H,12H2,1-3H3,(H,22,27). The van der Waals surface area contributed by atoms with Crippen LogP contribution in [0.15, 0.2) is 48.8 Å². The zero-order chi connectivity index (χ0) is 19.7. The second-order valence-electron chi connectivity index (χ2n) is 6.46. The van der Waals surface area contributed by atoms with Gasteiger partial charge in [-0.15, -0.1) is 0 Å². The molecule has 142 valence electrons. The molecule has 0 saturated heterocycles. The van der Waals surface area contributed by atoms with Gasteiger partial charge in [0.2, 0.25) is 0 Å². The van der Waals surface area contributed by atoms with Gasteiger partial charge >= 0.3 is 0 Å². The van der Waals surface area contributed by atoms with E-state index >= 15 is 0 Å². The summed E-state index contributed by atoms with van der Waals surface area (Å²) in [6.07, 6.45) is 3.41. The van der Waals surface area contributed by atoms with E-state index in [-0.39, 0.29) is 5.91 Å². The van der Waals surface area contributed by atoms with Crippen molar-refractivity contribution in [2.75, 3.05) is 12.4 Å². The molecular formula is C20H20N6O2. The molecule has 8 heteroatoms. The van der Waals surface area contributed by atoms with E-state index in [0.717, 1.165) is 22.7 Å². The highest BCUT2D eigenvalue weighted by atomic mass is 16.5. The quantitative estimate of drug-likeness (QED) is 0.579. The number of amides is 1. The fraction of sp³-hybridized carbons (Fsp3) is 0.200. The normalized spacial score (nSPS) is 11.0. The van der Waals surface area contributed by atoms with Gasteiger partial charge in [-0.2, -0.15) is 10.2 Å². The largest absolute Gasteiger partial charge is 0.497 e. The number of hydrogen-bond donors (Lipinski definition) is 1. The first-order valence-electron chi connectivity index (χ1n) is 8.84. The maximum Gasteiger partial charge on any atom is 0.276 e. The average Bonchev–Trinajstić information content (AvgIpc) is 3.25. The molecule has 1 N–H and O–H groups in total. The minimum atomic E-state index is -0.294. The Hall–Kier alpha value is -3.68. The molecule has 8 nitrogen and oxygen atoms in total. The second-order valence-corrected chi connectivity index (χ2v) is 6.46. The lowest BCUT2D eigenvalue weighted by Gasteiger charge is -2.08. The number of nitrogens with zero attached hydrogens (tertiary/aromatic N) is 5. The van der Waals surface area contributed by atoms with Gasteiger partial charge in [-0.1, -0.05) is 12.1 Å². The monoisotopic (exact) mass is 376 g/mol. The summed E-state index contributed by atoms with van der Waals surface area (Å²) >= 11 is 0. The molecule has 4 rings (SSSR count). The van der Waals surface area contributed by atoms with Crippen LogP contribution in [0.1, 0.15) is 27.4 Å². The van der Waals surface area contributed by atoms with Crippen LogP contribution in [0.5, 0.6) is 5.75 Å². The van der Waals surface area contributed by atoms with Crippen molar-refractivity contribution in [1.82, 2.24) is 24.4 Å². The molecular weight excluding hydrogens is 356 g/mol. The lowest BCUT2D eigenvalue weighted by Crippen LogP contribution is -2.14. The third kappa shape index (κ3) is 3.32. The number of methoxy groups -OCH3 is 1. The van der Waals surface area contributed by atoms with Gasteiger partial charge in [0.05, 0.1) is 30.7 Å². The van der Waals surface area contributed by atoms with Gasteiger partial charge in [0, 0.05) is 18.5 Å². The molecule has 0 unspecified atom stereocenters. The Balaban J connectivity index is 1.57. The minimum absolute atomic E-state index is 0.294. The first-order valence-corrected chi connectivity index (χ1v) is 8.84. The highest BCUT2D eigenvalue weighted by molar-refractivity contribution is 6.04. The molecule has 1 amide bonds. The Morgan fingerprint density at radius 2 is 2.04 bits per heavy atom. The van der Waals surface area contributed by atoms with E-state index in [9.17, 15) is 4.79 Å². The van der Waals surface area contributed by atoms with Crippen LogP contribution in [0.4, 0.5) is 5.69 Å². The second kappa shape index (κ2) is 7.15. The number of anilines is 1. The van der Waals surface area contributed by atoms with Crippen LogP contribution in [0.25, 0.3) is 5.65 Å². The molecule has 4 aromatic rings. The fourth-order valence-corrected chi connectivity index (χ4v) is 3.09. The highest BCUT2D eigenvalue weighted by Gasteiger charge is 2.18. The number of ether oxygens (including phenoxy) is 1. The number of hydrogen-bond acceptors (Lipinski definition) is 5. The van der Waals surface area contributed by atoms with Crippen LogP contribution in [0, 0.1) is 13.8 Å². The van der Waals surface area contributed by atoms with Crippen molar-refractivity contribution in [3.8, 4) is 5.75 Å². The lowest BCUT2D eigenvalue weighted by molar-refractivity contribution is 0.102. The summed E-state index contributed by atoms with van der Waals surface area (Å²) in [5.41, 5.74) is 4.30. The summed E-state index contributed by atoms with van der Waals surface area (Å²) in [5, 5.41) is 11.8. The molecule has 1 aromatic carbocycles. The lowest BCUT2D eigenvalue weighted by atomic mass is 10.2. The molecule has 0 aliphatic heterocycles. The van der Waals surface area contributed by atoms with Crippen LogP contribution in [0.3, 0.4) is 0 Å². The number of rotatable bonds is 5. The zero-order valence-corrected chi connectivity index (χ0v) is 15.9. The Morgan fingerprint density at radius 3 is 2.82 bits per heavy atom. The van der Waals surface area contributed by atoms with E-state index in [2.05, 4.69) is 20.5 Å². The van der Waals surface area contributed by atoms with Crippen molar-refractivity contribution in [1.29, 1.82) is 0 Å². The van der Waals surface area contributed by atoms with Crippen molar-refractivity contribution < 1.29 is 9.53 Å². The first kappa shape index (κ1) is 17.7. The predicted octanol–water partition coefficient (Wildman–Crippen LogP) is 2.85. The maximum atomic E-state index is 12.7. The van der Waals surface area contributed by atoms with Gasteiger partial charge < -0.3 is 10.1 Å². The summed E-state index contributed by atoms with van der Waals surface area (Å²) in [6.45, 7) is 4.38. The summed E-state index contributed by atoms with van der Waals surface area (Å²) in [6, 6.07) is 11.2. The molecule has 0 fully saturated rings. The fourth-order valence-electron chi connectivity index (χ4n) is 3.09. The number of nitrogens with one attached hydrogen (secondary N) is 1. The average molecular weight is 376 g/mol. The number of aromatic nitrogens is 5. The van der Waals surface area contributed by atoms with E-state index in [1.165, 1.54) is 0 Å². The molecule has 3 heterocycles. The number of aryl methyl sites for hydroxylation is 1. The number of carbonyl (C=O) groups excluding carboxylic acids is 1. The topological polar surface area (TPSA) is 86.3 Å². The zero-order valence-electron chi connectivity index (χ0n) is 15.9. The number of benzene rings is 1. The highest BCUT2D eigenvalue weighted by Crippen LogP contribution is 2.22. The van der Waals surface area contributed by atoms with E-state index in [0.29, 0.717) is 23.6 Å². The SMILES string of the molecule is COc1cccc(Cn2nc(C)c(NC(=O)c3cc4ncccn4n3)c2C)c1. The van der Waals surface area contributed by atoms with Gasteiger partial charge in [-0.25, -0.2) is 9.50 Å². The summed E-state index contributed by atoms with van der Waals surface area (Å²) in [7, 11) is 1.64. The van der Waals surface area contributed by atoms with Crippen LogP contribution in [0.2, 0.25) is 0 Å². The van der Waals surface area contributed by atoms with Crippen LogP contribution >= 0.6 is 0 Å². The van der Waals surface area contributed by atoms with Gasteiger partial charge in [0.15, 0.2) is 11.3 Å². The van der Waals surface area contributed by atoms with Crippen LogP contribution in [-0.4, -0.2) is 37.4 Å². The van der Waals surface area contributed by atoms with Crippen LogP contribution in [-0.2, 0) is 6.54 Å². The molecule has 0 spiro atoms. The maximum absolute atomic E-state index is 12.7. The van der Waals surface area contributed by atoms with Crippen LogP contribution < -0.4 is 10.1 Å². The first-order chi connectivity index (χ1) is 13.5.